The Hall–Kier alpha value is -1.17. The monoisotopic (exact) mass is 322 g/mol. The van der Waals surface area contributed by atoms with Crippen LogP contribution < -0.4 is 5.32 Å². The number of nitrogens with zero attached hydrogens (tertiary/aromatic N) is 3. The van der Waals surface area contributed by atoms with Crippen LogP contribution in [0.4, 0.5) is 5.13 Å². The Labute approximate surface area is 134 Å². The van der Waals surface area contributed by atoms with Gasteiger partial charge in [0.25, 0.3) is 0 Å². The summed E-state index contributed by atoms with van der Waals surface area (Å²) in [6, 6.07) is 6.20. The molecule has 2 aromatic rings. The predicted octanol–water partition coefficient (Wildman–Crippen LogP) is 3.22. The summed E-state index contributed by atoms with van der Waals surface area (Å²) < 4.78 is 4.28. The zero-order valence-corrected chi connectivity index (χ0v) is 13.7. The van der Waals surface area contributed by atoms with Gasteiger partial charge in [0.2, 0.25) is 5.13 Å². The second kappa shape index (κ2) is 6.73. The molecular formula is C15H19ClN4S. The summed E-state index contributed by atoms with van der Waals surface area (Å²) in [6.45, 7) is 6.02. The number of aromatic nitrogens is 2. The van der Waals surface area contributed by atoms with Crippen molar-refractivity contribution >= 4 is 28.3 Å². The van der Waals surface area contributed by atoms with Crippen molar-refractivity contribution in [2.75, 3.05) is 25.0 Å². The van der Waals surface area contributed by atoms with Crippen LogP contribution in [0.3, 0.4) is 0 Å². The minimum atomic E-state index is 0.891. The van der Waals surface area contributed by atoms with Gasteiger partial charge in [-0.3, -0.25) is 4.90 Å². The highest BCUT2D eigenvalue weighted by molar-refractivity contribution is 7.09. The quantitative estimate of drug-likeness (QED) is 0.917. The van der Waals surface area contributed by atoms with Crippen molar-refractivity contribution in [3.8, 4) is 0 Å². The summed E-state index contributed by atoms with van der Waals surface area (Å²) in [7, 11) is 0. The molecule has 0 unspecified atom stereocenters. The third-order valence-electron chi connectivity index (χ3n) is 3.78. The van der Waals surface area contributed by atoms with Gasteiger partial charge >= 0.3 is 0 Å². The summed E-state index contributed by atoms with van der Waals surface area (Å²) in [5.74, 6) is 0.920. The van der Waals surface area contributed by atoms with Gasteiger partial charge in [0, 0.05) is 49.2 Å². The maximum absolute atomic E-state index is 6.25. The van der Waals surface area contributed by atoms with Crippen LogP contribution in [-0.4, -0.2) is 33.9 Å². The van der Waals surface area contributed by atoms with Crippen LogP contribution in [0.25, 0.3) is 0 Å². The molecule has 1 aromatic heterocycles. The number of halogens is 1. The number of hydrogen-bond acceptors (Lipinski definition) is 5. The van der Waals surface area contributed by atoms with Gasteiger partial charge in [-0.05, 0) is 23.6 Å². The molecule has 2 heterocycles. The zero-order chi connectivity index (χ0) is 14.7. The molecule has 1 aliphatic heterocycles. The zero-order valence-electron chi connectivity index (χ0n) is 12.1. The molecule has 112 valence electrons. The van der Waals surface area contributed by atoms with Crippen molar-refractivity contribution in [1.82, 2.24) is 14.3 Å². The van der Waals surface area contributed by atoms with Crippen LogP contribution in [0.15, 0.2) is 18.2 Å². The second-order valence-corrected chi connectivity index (χ2v) is 6.36. The molecule has 0 saturated heterocycles. The lowest BCUT2D eigenvalue weighted by Crippen LogP contribution is -2.34. The molecule has 3 rings (SSSR count). The number of nitrogens with one attached hydrogen (secondary N) is 1. The molecule has 0 aliphatic carbocycles. The van der Waals surface area contributed by atoms with E-state index in [1.54, 1.807) is 0 Å². The number of hydrogen-bond donors (Lipinski definition) is 1. The standard InChI is InChI=1S/C15H19ClN4S/c1-2-14-18-15(21-19-14)17-7-9-20-8-6-12-11(10-20)4-3-5-13(12)16/h3-5H,2,6-10H2,1H3,(H,17,18,19). The minimum Gasteiger partial charge on any atom is -0.359 e. The molecule has 0 saturated carbocycles. The highest BCUT2D eigenvalue weighted by atomic mass is 35.5. The number of benzene rings is 1. The number of anilines is 1. The summed E-state index contributed by atoms with van der Waals surface area (Å²) >= 11 is 7.69. The fourth-order valence-electron chi connectivity index (χ4n) is 2.60. The lowest BCUT2D eigenvalue weighted by Gasteiger charge is -2.29. The molecule has 1 aliphatic rings. The number of fused-ring (bicyclic) bond motifs is 1. The molecule has 4 nitrogen and oxygen atoms in total. The van der Waals surface area contributed by atoms with Crippen molar-refractivity contribution in [1.29, 1.82) is 0 Å². The fraction of sp³-hybridized carbons (Fsp3) is 0.467. The van der Waals surface area contributed by atoms with Gasteiger partial charge in [-0.1, -0.05) is 30.7 Å². The molecule has 0 amide bonds. The Morgan fingerprint density at radius 3 is 3.14 bits per heavy atom. The van der Waals surface area contributed by atoms with E-state index >= 15 is 0 Å². The van der Waals surface area contributed by atoms with Gasteiger partial charge in [0.1, 0.15) is 5.82 Å². The van der Waals surface area contributed by atoms with E-state index in [1.807, 2.05) is 12.1 Å². The van der Waals surface area contributed by atoms with Crippen LogP contribution in [0.1, 0.15) is 23.9 Å². The van der Waals surface area contributed by atoms with Crippen molar-refractivity contribution in [3.63, 3.8) is 0 Å². The molecule has 1 N–H and O–H groups in total. The third-order valence-corrected chi connectivity index (χ3v) is 4.84. The van der Waals surface area contributed by atoms with Crippen molar-refractivity contribution < 1.29 is 0 Å². The smallest absolute Gasteiger partial charge is 0.202 e. The van der Waals surface area contributed by atoms with E-state index in [0.29, 0.717) is 0 Å². The maximum Gasteiger partial charge on any atom is 0.202 e. The molecule has 0 atom stereocenters. The predicted molar refractivity (Wildman–Crippen MR) is 88.2 cm³/mol. The normalized spacial score (nSPS) is 15.0. The van der Waals surface area contributed by atoms with Crippen LogP contribution in [-0.2, 0) is 19.4 Å². The average molecular weight is 323 g/mol. The average Bonchev–Trinajstić information content (AvgIpc) is 2.95. The van der Waals surface area contributed by atoms with E-state index in [-0.39, 0.29) is 0 Å². The lowest BCUT2D eigenvalue weighted by atomic mass is 10.00. The maximum atomic E-state index is 6.25. The number of rotatable bonds is 5. The SMILES string of the molecule is CCc1nsc(NCCN2CCc3c(Cl)cccc3C2)n1. The van der Waals surface area contributed by atoms with Crippen LogP contribution in [0.2, 0.25) is 5.02 Å². The Morgan fingerprint density at radius 2 is 2.33 bits per heavy atom. The molecule has 21 heavy (non-hydrogen) atoms. The van der Waals surface area contributed by atoms with Crippen molar-refractivity contribution in [3.05, 3.63) is 40.2 Å². The van der Waals surface area contributed by atoms with Crippen LogP contribution in [0, 0.1) is 0 Å². The third kappa shape index (κ3) is 3.54. The lowest BCUT2D eigenvalue weighted by molar-refractivity contribution is 0.264. The topological polar surface area (TPSA) is 41.1 Å². The van der Waals surface area contributed by atoms with E-state index in [9.17, 15) is 0 Å². The van der Waals surface area contributed by atoms with E-state index in [2.05, 4.69) is 32.6 Å². The first-order chi connectivity index (χ1) is 10.3. The summed E-state index contributed by atoms with van der Waals surface area (Å²) in [6.07, 6.45) is 1.93. The molecule has 6 heteroatoms. The first kappa shape index (κ1) is 14.8. The molecule has 0 bridgehead atoms. The Bertz CT molecular complexity index is 613. The van der Waals surface area contributed by atoms with Gasteiger partial charge in [-0.15, -0.1) is 0 Å². The fourth-order valence-corrected chi connectivity index (χ4v) is 3.57. The molecule has 0 radical (unpaired) electrons. The Morgan fingerprint density at radius 1 is 1.43 bits per heavy atom. The number of aryl methyl sites for hydroxylation is 1. The highest BCUT2D eigenvalue weighted by Crippen LogP contribution is 2.25. The van der Waals surface area contributed by atoms with Gasteiger partial charge in [0.15, 0.2) is 0 Å². The van der Waals surface area contributed by atoms with Crippen molar-refractivity contribution in [2.45, 2.75) is 26.3 Å². The summed E-state index contributed by atoms with van der Waals surface area (Å²) in [5, 5.41) is 5.19. The van der Waals surface area contributed by atoms with E-state index < -0.39 is 0 Å². The summed E-state index contributed by atoms with van der Waals surface area (Å²) in [4.78, 5) is 6.87. The van der Waals surface area contributed by atoms with Crippen molar-refractivity contribution in [2.24, 2.45) is 0 Å². The first-order valence-corrected chi connectivity index (χ1v) is 8.46. The van der Waals surface area contributed by atoms with E-state index in [1.165, 1.54) is 22.7 Å². The van der Waals surface area contributed by atoms with Gasteiger partial charge < -0.3 is 5.32 Å². The van der Waals surface area contributed by atoms with Gasteiger partial charge in [-0.2, -0.15) is 4.37 Å². The van der Waals surface area contributed by atoms with E-state index in [0.717, 1.165) is 55.0 Å². The Balaban J connectivity index is 1.51. The van der Waals surface area contributed by atoms with Gasteiger partial charge in [0.05, 0.1) is 0 Å². The second-order valence-electron chi connectivity index (χ2n) is 5.20. The Kier molecular flexibility index (Phi) is 4.73. The summed E-state index contributed by atoms with van der Waals surface area (Å²) in [5.41, 5.74) is 2.68. The molecule has 1 aromatic carbocycles. The molecule has 0 fully saturated rings. The van der Waals surface area contributed by atoms with Crippen LogP contribution >= 0.6 is 23.1 Å². The van der Waals surface area contributed by atoms with Gasteiger partial charge in [-0.25, -0.2) is 4.98 Å². The largest absolute Gasteiger partial charge is 0.359 e. The van der Waals surface area contributed by atoms with Crippen LogP contribution in [0.5, 0.6) is 0 Å². The van der Waals surface area contributed by atoms with E-state index in [4.69, 9.17) is 11.6 Å². The first-order valence-electron chi connectivity index (χ1n) is 7.31. The highest BCUT2D eigenvalue weighted by Gasteiger charge is 2.17. The molecule has 0 spiro atoms. The minimum absolute atomic E-state index is 0.891. The molecular weight excluding hydrogens is 304 g/mol.